The van der Waals surface area contributed by atoms with E-state index in [-0.39, 0.29) is 5.79 Å². The molecule has 5 nitrogen and oxygen atoms in total. The van der Waals surface area contributed by atoms with Crippen LogP contribution in [0.25, 0.3) is 0 Å². The highest BCUT2D eigenvalue weighted by atomic mass is 16.7. The first kappa shape index (κ1) is 13.1. The van der Waals surface area contributed by atoms with Gasteiger partial charge in [-0.15, -0.1) is 0 Å². The van der Waals surface area contributed by atoms with Crippen LogP contribution in [0.3, 0.4) is 0 Å². The van der Waals surface area contributed by atoms with E-state index >= 15 is 0 Å². The van der Waals surface area contributed by atoms with Crippen molar-refractivity contribution in [3.8, 4) is 0 Å². The summed E-state index contributed by atoms with van der Waals surface area (Å²) in [4.78, 5) is 0. The molecule has 5 heteroatoms. The first-order valence-electron chi connectivity index (χ1n) is 7.25. The van der Waals surface area contributed by atoms with E-state index in [0.29, 0.717) is 6.04 Å². The van der Waals surface area contributed by atoms with Crippen molar-refractivity contribution in [2.75, 3.05) is 19.8 Å². The molecule has 0 unspecified atom stereocenters. The lowest BCUT2D eigenvalue weighted by molar-refractivity contribution is -0.179. The van der Waals surface area contributed by atoms with Gasteiger partial charge in [-0.05, 0) is 31.4 Å². The fourth-order valence-electron chi connectivity index (χ4n) is 3.07. The van der Waals surface area contributed by atoms with E-state index in [1.54, 1.807) is 0 Å². The standard InChI is InChI=1S/C14H23N3O2/c1-17-11-12(10-16-17)4-7-15-13-2-5-14(6-3-13)18-8-9-19-14/h10-11,13,15H,2-9H2,1H3. The maximum atomic E-state index is 5.75. The quantitative estimate of drug-likeness (QED) is 0.890. The van der Waals surface area contributed by atoms with Crippen LogP contribution < -0.4 is 5.32 Å². The predicted molar refractivity (Wildman–Crippen MR) is 71.8 cm³/mol. The largest absolute Gasteiger partial charge is 0.348 e. The van der Waals surface area contributed by atoms with Gasteiger partial charge in [0.2, 0.25) is 0 Å². The molecule has 106 valence electrons. The van der Waals surface area contributed by atoms with E-state index < -0.39 is 0 Å². The Labute approximate surface area is 114 Å². The number of hydrogen-bond acceptors (Lipinski definition) is 4. The Morgan fingerprint density at radius 3 is 2.74 bits per heavy atom. The van der Waals surface area contributed by atoms with Gasteiger partial charge in [0, 0.05) is 32.1 Å². The summed E-state index contributed by atoms with van der Waals surface area (Å²) in [5.74, 6) is -0.235. The van der Waals surface area contributed by atoms with Gasteiger partial charge >= 0.3 is 0 Å². The maximum Gasteiger partial charge on any atom is 0.168 e. The molecule has 1 saturated heterocycles. The van der Waals surface area contributed by atoms with Gasteiger partial charge in [-0.3, -0.25) is 4.68 Å². The molecule has 1 aliphatic heterocycles. The van der Waals surface area contributed by atoms with Crippen molar-refractivity contribution in [3.05, 3.63) is 18.0 Å². The number of nitrogens with one attached hydrogen (secondary N) is 1. The number of nitrogens with zero attached hydrogens (tertiary/aromatic N) is 2. The van der Waals surface area contributed by atoms with Crippen LogP contribution in [0.1, 0.15) is 31.2 Å². The second kappa shape index (κ2) is 5.61. The van der Waals surface area contributed by atoms with Crippen molar-refractivity contribution in [3.63, 3.8) is 0 Å². The lowest BCUT2D eigenvalue weighted by atomic mass is 9.90. The Bertz CT molecular complexity index is 403. The zero-order valence-electron chi connectivity index (χ0n) is 11.6. The first-order valence-corrected chi connectivity index (χ1v) is 7.25. The first-order chi connectivity index (χ1) is 9.26. The molecule has 1 aromatic rings. The smallest absolute Gasteiger partial charge is 0.168 e. The fraction of sp³-hybridized carbons (Fsp3) is 0.786. The van der Waals surface area contributed by atoms with Gasteiger partial charge in [-0.25, -0.2) is 0 Å². The van der Waals surface area contributed by atoms with Crippen molar-refractivity contribution >= 4 is 0 Å². The molecule has 0 bridgehead atoms. The van der Waals surface area contributed by atoms with Crippen molar-refractivity contribution in [2.45, 2.75) is 43.9 Å². The molecule has 2 fully saturated rings. The third-order valence-corrected chi connectivity index (χ3v) is 4.17. The topological polar surface area (TPSA) is 48.3 Å². The molecule has 0 atom stereocenters. The van der Waals surface area contributed by atoms with Crippen LogP contribution in [-0.4, -0.2) is 41.4 Å². The number of hydrogen-bond donors (Lipinski definition) is 1. The molecule has 19 heavy (non-hydrogen) atoms. The minimum atomic E-state index is -0.235. The molecule has 0 radical (unpaired) electrons. The predicted octanol–water partition coefficient (Wildman–Crippen LogP) is 1.24. The van der Waals surface area contributed by atoms with Crippen LogP contribution in [-0.2, 0) is 22.9 Å². The van der Waals surface area contributed by atoms with Crippen molar-refractivity contribution in [1.29, 1.82) is 0 Å². The Balaban J connectivity index is 1.38. The molecule has 1 saturated carbocycles. The number of aromatic nitrogens is 2. The Hall–Kier alpha value is -0.910. The molecule has 1 aromatic heterocycles. The van der Waals surface area contributed by atoms with E-state index in [2.05, 4.69) is 16.6 Å². The summed E-state index contributed by atoms with van der Waals surface area (Å²) in [6, 6.07) is 0.607. The average molecular weight is 265 g/mol. The third kappa shape index (κ3) is 3.16. The molecular weight excluding hydrogens is 242 g/mol. The summed E-state index contributed by atoms with van der Waals surface area (Å²) in [5.41, 5.74) is 1.30. The average Bonchev–Trinajstić information content (AvgIpc) is 3.02. The number of aryl methyl sites for hydroxylation is 1. The van der Waals surface area contributed by atoms with Crippen LogP contribution in [0.15, 0.2) is 12.4 Å². The minimum Gasteiger partial charge on any atom is -0.348 e. The van der Waals surface area contributed by atoms with E-state index in [1.807, 2.05) is 17.9 Å². The third-order valence-electron chi connectivity index (χ3n) is 4.17. The summed E-state index contributed by atoms with van der Waals surface area (Å²) in [7, 11) is 1.96. The molecule has 1 N–H and O–H groups in total. The van der Waals surface area contributed by atoms with Crippen LogP contribution in [0.5, 0.6) is 0 Å². The molecule has 0 aromatic carbocycles. The maximum absolute atomic E-state index is 5.75. The highest BCUT2D eigenvalue weighted by molar-refractivity contribution is 5.04. The number of rotatable bonds is 4. The van der Waals surface area contributed by atoms with E-state index in [0.717, 1.165) is 51.9 Å². The van der Waals surface area contributed by atoms with Gasteiger partial charge in [0.25, 0.3) is 0 Å². The minimum absolute atomic E-state index is 0.235. The SMILES string of the molecule is Cn1cc(CCNC2CCC3(CC2)OCCO3)cn1. The highest BCUT2D eigenvalue weighted by Crippen LogP contribution is 2.35. The highest BCUT2D eigenvalue weighted by Gasteiger charge is 2.39. The molecule has 1 spiro atoms. The monoisotopic (exact) mass is 265 g/mol. The van der Waals surface area contributed by atoms with Gasteiger partial charge < -0.3 is 14.8 Å². The second-order valence-electron chi connectivity index (χ2n) is 5.61. The summed E-state index contributed by atoms with van der Waals surface area (Å²) in [6.45, 7) is 2.54. The van der Waals surface area contributed by atoms with E-state index in [9.17, 15) is 0 Å². The Morgan fingerprint density at radius 1 is 1.37 bits per heavy atom. The summed E-state index contributed by atoms with van der Waals surface area (Å²) >= 11 is 0. The normalized spacial score (nSPS) is 23.2. The lowest BCUT2D eigenvalue weighted by Gasteiger charge is -2.35. The molecule has 2 aliphatic rings. The fourth-order valence-corrected chi connectivity index (χ4v) is 3.07. The molecule has 1 aliphatic carbocycles. The molecule has 0 amide bonds. The zero-order chi connectivity index (χ0) is 13.1. The van der Waals surface area contributed by atoms with Crippen molar-refractivity contribution in [1.82, 2.24) is 15.1 Å². The van der Waals surface area contributed by atoms with Gasteiger partial charge in [-0.1, -0.05) is 0 Å². The summed E-state index contributed by atoms with van der Waals surface area (Å²) in [5, 5.41) is 7.82. The Kier molecular flexibility index (Phi) is 3.86. The number of ether oxygens (including phenoxy) is 2. The summed E-state index contributed by atoms with van der Waals surface area (Å²) in [6.07, 6.45) is 9.41. The zero-order valence-corrected chi connectivity index (χ0v) is 11.6. The summed E-state index contributed by atoms with van der Waals surface area (Å²) < 4.78 is 13.3. The van der Waals surface area contributed by atoms with Crippen molar-refractivity contribution < 1.29 is 9.47 Å². The van der Waals surface area contributed by atoms with Gasteiger partial charge in [-0.2, -0.15) is 5.10 Å². The Morgan fingerprint density at radius 2 is 2.11 bits per heavy atom. The van der Waals surface area contributed by atoms with Crippen molar-refractivity contribution in [2.24, 2.45) is 7.05 Å². The lowest BCUT2D eigenvalue weighted by Crippen LogP contribution is -2.42. The molecular formula is C14H23N3O2. The van der Waals surface area contributed by atoms with Crippen LogP contribution >= 0.6 is 0 Å². The van der Waals surface area contributed by atoms with Gasteiger partial charge in [0.1, 0.15) is 0 Å². The van der Waals surface area contributed by atoms with Crippen LogP contribution in [0, 0.1) is 0 Å². The van der Waals surface area contributed by atoms with E-state index in [1.165, 1.54) is 5.56 Å². The van der Waals surface area contributed by atoms with Crippen LogP contribution in [0.2, 0.25) is 0 Å². The van der Waals surface area contributed by atoms with Crippen LogP contribution in [0.4, 0.5) is 0 Å². The molecule has 2 heterocycles. The second-order valence-corrected chi connectivity index (χ2v) is 5.61. The van der Waals surface area contributed by atoms with Gasteiger partial charge in [0.05, 0.1) is 19.4 Å². The van der Waals surface area contributed by atoms with Gasteiger partial charge in [0.15, 0.2) is 5.79 Å². The molecule has 3 rings (SSSR count). The van der Waals surface area contributed by atoms with E-state index in [4.69, 9.17) is 9.47 Å².